The van der Waals surface area contributed by atoms with Crippen molar-refractivity contribution in [1.82, 2.24) is 10.2 Å². The minimum atomic E-state index is 0.238. The van der Waals surface area contributed by atoms with Crippen molar-refractivity contribution >= 4 is 11.6 Å². The van der Waals surface area contributed by atoms with Gasteiger partial charge in [0.05, 0.1) is 6.61 Å². The molecule has 1 unspecified atom stereocenters. The molecule has 1 N–H and O–H groups in total. The number of nitrogens with one attached hydrogen (secondary N) is 1. The molecule has 1 atom stereocenters. The van der Waals surface area contributed by atoms with E-state index in [-0.39, 0.29) is 6.04 Å². The topological polar surface area (TPSA) is 24.5 Å². The maximum absolute atomic E-state index is 6.08. The van der Waals surface area contributed by atoms with Crippen molar-refractivity contribution in [2.24, 2.45) is 0 Å². The lowest BCUT2D eigenvalue weighted by molar-refractivity contribution is 0.260. The fourth-order valence-corrected chi connectivity index (χ4v) is 2.80. The van der Waals surface area contributed by atoms with E-state index in [0.717, 1.165) is 35.9 Å². The summed E-state index contributed by atoms with van der Waals surface area (Å²) in [5.74, 6) is 0.942. The van der Waals surface area contributed by atoms with E-state index in [1.54, 1.807) is 0 Å². The third kappa shape index (κ3) is 4.37. The van der Waals surface area contributed by atoms with E-state index in [0.29, 0.717) is 0 Å². The highest BCUT2D eigenvalue weighted by atomic mass is 35.5. The summed E-state index contributed by atoms with van der Waals surface area (Å²) in [5, 5.41) is 3.99. The van der Waals surface area contributed by atoms with Gasteiger partial charge in [-0.1, -0.05) is 11.6 Å². The Morgan fingerprint density at radius 3 is 2.80 bits per heavy atom. The molecule has 1 aliphatic rings. The van der Waals surface area contributed by atoms with Crippen LogP contribution in [0.4, 0.5) is 0 Å². The maximum atomic E-state index is 6.08. The van der Waals surface area contributed by atoms with Gasteiger partial charge >= 0.3 is 0 Å². The largest absolute Gasteiger partial charge is 0.493 e. The van der Waals surface area contributed by atoms with Crippen LogP contribution in [0.5, 0.6) is 5.75 Å². The number of nitrogens with zero attached hydrogens (tertiary/aromatic N) is 1. The second kappa shape index (κ2) is 7.87. The van der Waals surface area contributed by atoms with Gasteiger partial charge in [-0.15, -0.1) is 0 Å². The number of rotatable bonds is 7. The molecular weight excluding hydrogens is 272 g/mol. The van der Waals surface area contributed by atoms with Gasteiger partial charge in [-0.05, 0) is 64.5 Å². The summed E-state index contributed by atoms with van der Waals surface area (Å²) < 4.78 is 5.95. The van der Waals surface area contributed by atoms with Crippen molar-refractivity contribution in [2.75, 3.05) is 33.3 Å². The van der Waals surface area contributed by atoms with Crippen molar-refractivity contribution < 1.29 is 4.74 Å². The number of hydrogen-bond acceptors (Lipinski definition) is 3. The zero-order valence-electron chi connectivity index (χ0n) is 12.5. The molecule has 0 aromatic heterocycles. The van der Waals surface area contributed by atoms with Crippen molar-refractivity contribution in [3.8, 4) is 5.75 Å². The number of benzene rings is 1. The Morgan fingerprint density at radius 2 is 2.10 bits per heavy atom. The molecule has 0 aliphatic carbocycles. The molecule has 0 saturated carbocycles. The Labute approximate surface area is 127 Å². The molecule has 0 radical (unpaired) electrons. The monoisotopic (exact) mass is 296 g/mol. The number of hydrogen-bond donors (Lipinski definition) is 1. The second-order valence-corrected chi connectivity index (χ2v) is 5.88. The molecule has 1 aromatic rings. The summed E-state index contributed by atoms with van der Waals surface area (Å²) >= 11 is 6.08. The van der Waals surface area contributed by atoms with Crippen LogP contribution in [0.2, 0.25) is 5.02 Å². The molecule has 20 heavy (non-hydrogen) atoms. The Balaban J connectivity index is 1.84. The van der Waals surface area contributed by atoms with Crippen molar-refractivity contribution in [3.63, 3.8) is 0 Å². The van der Waals surface area contributed by atoms with Crippen LogP contribution in [0.25, 0.3) is 0 Å². The van der Waals surface area contributed by atoms with Crippen LogP contribution in [-0.2, 0) is 0 Å². The first-order valence-corrected chi connectivity index (χ1v) is 7.90. The first-order chi connectivity index (χ1) is 9.70. The van der Waals surface area contributed by atoms with E-state index in [1.165, 1.54) is 25.9 Å². The summed E-state index contributed by atoms with van der Waals surface area (Å²) in [5.41, 5.74) is 1.13. The second-order valence-electron chi connectivity index (χ2n) is 5.44. The number of halogens is 1. The summed E-state index contributed by atoms with van der Waals surface area (Å²) in [4.78, 5) is 2.52. The molecule has 0 spiro atoms. The fourth-order valence-electron chi connectivity index (χ4n) is 2.62. The smallest absolute Gasteiger partial charge is 0.124 e. The van der Waals surface area contributed by atoms with Crippen LogP contribution in [0.1, 0.15) is 37.8 Å². The molecule has 2 rings (SSSR count). The summed E-state index contributed by atoms with van der Waals surface area (Å²) in [6.45, 7) is 6.53. The summed E-state index contributed by atoms with van der Waals surface area (Å²) in [6.07, 6.45) is 3.78. The molecule has 1 heterocycles. The quantitative estimate of drug-likeness (QED) is 0.780. The first kappa shape index (κ1) is 15.6. The highest BCUT2D eigenvalue weighted by molar-refractivity contribution is 6.30. The van der Waals surface area contributed by atoms with Gasteiger partial charge in [0.1, 0.15) is 5.75 Å². The lowest BCUT2D eigenvalue weighted by Gasteiger charge is -2.18. The Bertz CT molecular complexity index is 419. The third-order valence-electron chi connectivity index (χ3n) is 3.95. The fraction of sp³-hybridized carbons (Fsp3) is 0.625. The van der Waals surface area contributed by atoms with E-state index in [2.05, 4.69) is 17.1 Å². The van der Waals surface area contributed by atoms with E-state index in [4.69, 9.17) is 16.3 Å². The van der Waals surface area contributed by atoms with Crippen LogP contribution < -0.4 is 10.1 Å². The van der Waals surface area contributed by atoms with Crippen molar-refractivity contribution in [2.45, 2.75) is 32.2 Å². The molecule has 4 heteroatoms. The molecule has 3 nitrogen and oxygen atoms in total. The summed E-state index contributed by atoms with van der Waals surface area (Å²) in [6, 6.07) is 6.09. The molecule has 1 aromatic carbocycles. The average molecular weight is 297 g/mol. The molecule has 112 valence electrons. The van der Waals surface area contributed by atoms with Crippen LogP contribution in [0.3, 0.4) is 0 Å². The van der Waals surface area contributed by atoms with Gasteiger partial charge < -0.3 is 15.0 Å². The van der Waals surface area contributed by atoms with Gasteiger partial charge in [-0.2, -0.15) is 0 Å². The third-order valence-corrected chi connectivity index (χ3v) is 4.18. The van der Waals surface area contributed by atoms with E-state index in [1.807, 2.05) is 25.2 Å². The van der Waals surface area contributed by atoms with Gasteiger partial charge in [0.2, 0.25) is 0 Å². The average Bonchev–Trinajstić information content (AvgIpc) is 2.97. The van der Waals surface area contributed by atoms with Gasteiger partial charge in [0.15, 0.2) is 0 Å². The molecular formula is C16H25ClN2O. The molecule has 1 aliphatic heterocycles. The SMILES string of the molecule is CNC(C)c1cc(Cl)ccc1OCCCN1CCCC1. The molecule has 1 fully saturated rings. The van der Waals surface area contributed by atoms with Crippen LogP contribution in [0.15, 0.2) is 18.2 Å². The first-order valence-electron chi connectivity index (χ1n) is 7.52. The lowest BCUT2D eigenvalue weighted by Crippen LogP contribution is -2.22. The van der Waals surface area contributed by atoms with Gasteiger partial charge in [0, 0.05) is 23.2 Å². The zero-order chi connectivity index (χ0) is 14.4. The number of ether oxygens (including phenoxy) is 1. The minimum Gasteiger partial charge on any atom is -0.493 e. The highest BCUT2D eigenvalue weighted by Gasteiger charge is 2.12. The van der Waals surface area contributed by atoms with E-state index < -0.39 is 0 Å². The molecule has 0 bridgehead atoms. The maximum Gasteiger partial charge on any atom is 0.124 e. The number of likely N-dealkylation sites (tertiary alicyclic amines) is 1. The van der Waals surface area contributed by atoms with Gasteiger partial charge in [0.25, 0.3) is 0 Å². The predicted molar refractivity (Wildman–Crippen MR) is 84.7 cm³/mol. The molecule has 0 amide bonds. The van der Waals surface area contributed by atoms with Gasteiger partial charge in [-0.25, -0.2) is 0 Å². The Morgan fingerprint density at radius 1 is 1.35 bits per heavy atom. The standard InChI is InChI=1S/C16H25ClN2O/c1-13(18-2)15-12-14(17)6-7-16(15)20-11-5-10-19-8-3-4-9-19/h6-7,12-13,18H,3-5,8-11H2,1-2H3. The van der Waals surface area contributed by atoms with E-state index >= 15 is 0 Å². The van der Waals surface area contributed by atoms with Crippen molar-refractivity contribution in [3.05, 3.63) is 28.8 Å². The van der Waals surface area contributed by atoms with Crippen LogP contribution >= 0.6 is 11.6 Å². The van der Waals surface area contributed by atoms with E-state index in [9.17, 15) is 0 Å². The molecule has 1 saturated heterocycles. The highest BCUT2D eigenvalue weighted by Crippen LogP contribution is 2.28. The minimum absolute atomic E-state index is 0.238. The van der Waals surface area contributed by atoms with Gasteiger partial charge in [-0.3, -0.25) is 0 Å². The lowest BCUT2D eigenvalue weighted by atomic mass is 10.1. The van der Waals surface area contributed by atoms with Crippen molar-refractivity contribution in [1.29, 1.82) is 0 Å². The predicted octanol–water partition coefficient (Wildman–Crippen LogP) is 3.49. The normalized spacial score (nSPS) is 17.4. The van der Waals surface area contributed by atoms with Crippen LogP contribution in [-0.4, -0.2) is 38.2 Å². The van der Waals surface area contributed by atoms with Crippen LogP contribution in [0, 0.1) is 0 Å². The Hall–Kier alpha value is -0.770. The Kier molecular flexibility index (Phi) is 6.14. The summed E-state index contributed by atoms with van der Waals surface area (Å²) in [7, 11) is 1.95. The zero-order valence-corrected chi connectivity index (χ0v) is 13.2.